The summed E-state index contributed by atoms with van der Waals surface area (Å²) in [6.07, 6.45) is 7.26. The van der Waals surface area contributed by atoms with Gasteiger partial charge in [0.05, 0.1) is 0 Å². The molecule has 19 heavy (non-hydrogen) atoms. The van der Waals surface area contributed by atoms with Crippen LogP contribution in [0.25, 0.3) is 0 Å². The maximum Gasteiger partial charge on any atom is 0.317 e. The maximum absolute atomic E-state index is 12.2. The molecule has 0 spiro atoms. The molecule has 108 valence electrons. The van der Waals surface area contributed by atoms with Crippen LogP contribution in [0.5, 0.6) is 0 Å². The summed E-state index contributed by atoms with van der Waals surface area (Å²) in [4.78, 5) is 27.0. The molecule has 2 aliphatic rings. The van der Waals surface area contributed by atoms with E-state index in [9.17, 15) is 9.59 Å². The first kappa shape index (κ1) is 14.2. The van der Waals surface area contributed by atoms with Crippen LogP contribution in [0.4, 0.5) is 4.79 Å². The van der Waals surface area contributed by atoms with Gasteiger partial charge in [-0.15, -0.1) is 0 Å². The molecule has 0 atom stereocenters. The van der Waals surface area contributed by atoms with Gasteiger partial charge in [-0.2, -0.15) is 0 Å². The summed E-state index contributed by atoms with van der Waals surface area (Å²) in [7, 11) is 0. The zero-order valence-electron chi connectivity index (χ0n) is 11.9. The first-order valence-corrected chi connectivity index (χ1v) is 7.48. The number of nitrogens with zero attached hydrogens (tertiary/aromatic N) is 2. The number of rotatable bonds is 1. The highest BCUT2D eigenvalue weighted by atomic mass is 16.2. The van der Waals surface area contributed by atoms with Crippen LogP contribution in [0.1, 0.15) is 45.4 Å². The van der Waals surface area contributed by atoms with Crippen LogP contribution < -0.4 is 5.32 Å². The average molecular weight is 267 g/mol. The molecule has 1 saturated heterocycles. The number of hydrogen-bond acceptors (Lipinski definition) is 2. The van der Waals surface area contributed by atoms with Gasteiger partial charge in [-0.05, 0) is 12.8 Å². The molecule has 1 heterocycles. The summed E-state index contributed by atoms with van der Waals surface area (Å²) in [5.41, 5.74) is 0. The highest BCUT2D eigenvalue weighted by molar-refractivity contribution is 5.76. The molecule has 2 fully saturated rings. The molecule has 1 saturated carbocycles. The van der Waals surface area contributed by atoms with Crippen molar-refractivity contribution < 1.29 is 9.59 Å². The Hall–Kier alpha value is -1.26. The fourth-order valence-electron chi connectivity index (χ4n) is 2.91. The van der Waals surface area contributed by atoms with Crippen molar-refractivity contribution in [3.63, 3.8) is 0 Å². The Morgan fingerprint density at radius 3 is 1.95 bits per heavy atom. The lowest BCUT2D eigenvalue weighted by Crippen LogP contribution is -2.54. The summed E-state index contributed by atoms with van der Waals surface area (Å²) in [5, 5.41) is 3.16. The van der Waals surface area contributed by atoms with Crippen LogP contribution in [0.3, 0.4) is 0 Å². The van der Waals surface area contributed by atoms with Gasteiger partial charge < -0.3 is 15.1 Å². The van der Waals surface area contributed by atoms with Crippen molar-refractivity contribution in [2.24, 2.45) is 0 Å². The van der Waals surface area contributed by atoms with E-state index in [0.717, 1.165) is 12.8 Å². The Morgan fingerprint density at radius 2 is 1.42 bits per heavy atom. The molecular formula is C14H25N3O2. The molecule has 1 N–H and O–H groups in total. The highest BCUT2D eigenvalue weighted by Gasteiger charge is 2.24. The van der Waals surface area contributed by atoms with Crippen molar-refractivity contribution in [3.05, 3.63) is 0 Å². The Morgan fingerprint density at radius 1 is 0.895 bits per heavy atom. The molecule has 0 radical (unpaired) electrons. The highest BCUT2D eigenvalue weighted by Crippen LogP contribution is 2.17. The number of piperazine rings is 1. The van der Waals surface area contributed by atoms with E-state index < -0.39 is 0 Å². The summed E-state index contributed by atoms with van der Waals surface area (Å²) in [6, 6.07) is 0.399. The Labute approximate surface area is 115 Å². The number of urea groups is 1. The largest absolute Gasteiger partial charge is 0.339 e. The molecule has 0 aromatic rings. The van der Waals surface area contributed by atoms with E-state index in [4.69, 9.17) is 0 Å². The fraction of sp³-hybridized carbons (Fsp3) is 0.857. The first-order valence-electron chi connectivity index (χ1n) is 7.48. The van der Waals surface area contributed by atoms with E-state index in [0.29, 0.717) is 32.2 Å². The minimum absolute atomic E-state index is 0.0510. The monoisotopic (exact) mass is 267 g/mol. The van der Waals surface area contributed by atoms with Crippen molar-refractivity contribution in [1.82, 2.24) is 15.1 Å². The summed E-state index contributed by atoms with van der Waals surface area (Å²) >= 11 is 0. The minimum atomic E-state index is 0.0510. The van der Waals surface area contributed by atoms with E-state index in [2.05, 4.69) is 5.32 Å². The standard InChI is InChI=1S/C14H25N3O2/c1-12(18)16-8-10-17(11-9-16)14(19)15-13-6-4-2-3-5-7-13/h13H,2-11H2,1H3,(H,15,19). The summed E-state index contributed by atoms with van der Waals surface area (Å²) in [5.74, 6) is 0.101. The number of nitrogens with one attached hydrogen (secondary N) is 1. The van der Waals surface area contributed by atoms with Gasteiger partial charge in [0, 0.05) is 39.1 Å². The van der Waals surface area contributed by atoms with Crippen molar-refractivity contribution in [3.8, 4) is 0 Å². The minimum Gasteiger partial charge on any atom is -0.339 e. The quantitative estimate of drug-likeness (QED) is 0.733. The normalized spacial score (nSPS) is 21.9. The molecule has 2 rings (SSSR count). The summed E-state index contributed by atoms with van der Waals surface area (Å²) in [6.45, 7) is 4.21. The van der Waals surface area contributed by atoms with Crippen LogP contribution in [0.15, 0.2) is 0 Å². The van der Waals surface area contributed by atoms with Crippen LogP contribution in [-0.4, -0.2) is 54.0 Å². The SMILES string of the molecule is CC(=O)N1CCN(C(=O)NC2CCCCCC2)CC1. The molecule has 5 heteroatoms. The van der Waals surface area contributed by atoms with Crippen LogP contribution >= 0.6 is 0 Å². The number of hydrogen-bond donors (Lipinski definition) is 1. The second-order valence-electron chi connectivity index (χ2n) is 5.63. The van der Waals surface area contributed by atoms with E-state index >= 15 is 0 Å². The maximum atomic E-state index is 12.2. The molecule has 1 aliphatic carbocycles. The van der Waals surface area contributed by atoms with Gasteiger partial charge in [0.15, 0.2) is 0 Å². The molecule has 1 aliphatic heterocycles. The number of amides is 3. The first-order chi connectivity index (χ1) is 9.16. The molecule has 0 unspecified atom stereocenters. The Bertz CT molecular complexity index is 317. The van der Waals surface area contributed by atoms with Gasteiger partial charge in [-0.3, -0.25) is 4.79 Å². The van der Waals surface area contributed by atoms with Gasteiger partial charge in [0.1, 0.15) is 0 Å². The number of carbonyl (C=O) groups is 2. The van der Waals surface area contributed by atoms with Gasteiger partial charge in [-0.1, -0.05) is 25.7 Å². The molecule has 0 aromatic heterocycles. The molecule has 0 aromatic carbocycles. The van der Waals surface area contributed by atoms with E-state index in [1.807, 2.05) is 4.90 Å². The lowest BCUT2D eigenvalue weighted by molar-refractivity contribution is -0.130. The number of carbonyl (C=O) groups excluding carboxylic acids is 2. The molecule has 3 amide bonds. The Kier molecular flexibility index (Phi) is 5.05. The lowest BCUT2D eigenvalue weighted by Gasteiger charge is -2.35. The molecule has 0 bridgehead atoms. The predicted octanol–water partition coefficient (Wildman–Crippen LogP) is 1.58. The van der Waals surface area contributed by atoms with Crippen LogP contribution in [0, 0.1) is 0 Å². The van der Waals surface area contributed by atoms with E-state index in [-0.39, 0.29) is 11.9 Å². The van der Waals surface area contributed by atoms with Crippen LogP contribution in [0.2, 0.25) is 0 Å². The van der Waals surface area contributed by atoms with Gasteiger partial charge in [0.2, 0.25) is 5.91 Å². The van der Waals surface area contributed by atoms with Gasteiger partial charge in [0.25, 0.3) is 0 Å². The lowest BCUT2D eigenvalue weighted by atomic mass is 10.1. The van der Waals surface area contributed by atoms with Gasteiger partial charge in [-0.25, -0.2) is 4.79 Å². The van der Waals surface area contributed by atoms with E-state index in [1.165, 1.54) is 25.7 Å². The van der Waals surface area contributed by atoms with Crippen molar-refractivity contribution >= 4 is 11.9 Å². The van der Waals surface area contributed by atoms with E-state index in [1.54, 1.807) is 11.8 Å². The zero-order valence-corrected chi connectivity index (χ0v) is 11.9. The van der Waals surface area contributed by atoms with Crippen LogP contribution in [-0.2, 0) is 4.79 Å². The third-order valence-electron chi connectivity index (χ3n) is 4.19. The second kappa shape index (κ2) is 6.78. The Balaban J connectivity index is 1.76. The smallest absolute Gasteiger partial charge is 0.317 e. The average Bonchev–Trinajstić information content (AvgIpc) is 2.67. The second-order valence-corrected chi connectivity index (χ2v) is 5.63. The van der Waals surface area contributed by atoms with Crippen molar-refractivity contribution in [2.45, 2.75) is 51.5 Å². The zero-order chi connectivity index (χ0) is 13.7. The third-order valence-corrected chi connectivity index (χ3v) is 4.19. The summed E-state index contributed by atoms with van der Waals surface area (Å²) < 4.78 is 0. The van der Waals surface area contributed by atoms with Crippen molar-refractivity contribution in [1.29, 1.82) is 0 Å². The molecular weight excluding hydrogens is 242 g/mol. The molecule has 5 nitrogen and oxygen atoms in total. The topological polar surface area (TPSA) is 52.7 Å². The third kappa shape index (κ3) is 4.11. The fourth-order valence-corrected chi connectivity index (χ4v) is 2.91. The van der Waals surface area contributed by atoms with Gasteiger partial charge >= 0.3 is 6.03 Å². The van der Waals surface area contributed by atoms with Crippen molar-refractivity contribution in [2.75, 3.05) is 26.2 Å². The predicted molar refractivity (Wildman–Crippen MR) is 73.8 cm³/mol.